The van der Waals surface area contributed by atoms with Crippen molar-refractivity contribution in [3.05, 3.63) is 11.1 Å². The van der Waals surface area contributed by atoms with Crippen molar-refractivity contribution in [3.63, 3.8) is 0 Å². The van der Waals surface area contributed by atoms with E-state index in [1.807, 2.05) is 14.2 Å². The van der Waals surface area contributed by atoms with Crippen LogP contribution in [0.4, 0.5) is 0 Å². The third kappa shape index (κ3) is 1.53. The molecular formula is C11H18O2. The summed E-state index contributed by atoms with van der Waals surface area (Å²) in [6, 6.07) is 0. The van der Waals surface area contributed by atoms with E-state index in [4.69, 9.17) is 9.47 Å². The average Bonchev–Trinajstić information content (AvgIpc) is 2.56. The van der Waals surface area contributed by atoms with Crippen LogP contribution in [0, 0.1) is 0 Å². The largest absolute Gasteiger partial charge is 0.377 e. The molecule has 0 heterocycles. The van der Waals surface area contributed by atoms with Crippen LogP contribution >= 0.6 is 0 Å². The molecule has 0 saturated heterocycles. The van der Waals surface area contributed by atoms with Crippen LogP contribution in [0.3, 0.4) is 0 Å². The van der Waals surface area contributed by atoms with Crippen molar-refractivity contribution in [1.82, 2.24) is 0 Å². The van der Waals surface area contributed by atoms with Gasteiger partial charge in [0.05, 0.1) is 12.2 Å². The first-order valence-corrected chi connectivity index (χ1v) is 5.14. The molecule has 13 heavy (non-hydrogen) atoms. The SMILES string of the molecule is CO[C@H]1C[C@@H](OC)C2=C1CCCC2. The third-order valence-electron chi connectivity index (χ3n) is 3.33. The Bertz CT molecular complexity index is 198. The molecule has 0 spiro atoms. The highest BCUT2D eigenvalue weighted by Gasteiger charge is 2.34. The minimum absolute atomic E-state index is 0.347. The molecule has 0 saturated carbocycles. The second-order valence-corrected chi connectivity index (χ2v) is 3.94. The number of ether oxygens (including phenoxy) is 2. The zero-order valence-corrected chi connectivity index (χ0v) is 8.51. The van der Waals surface area contributed by atoms with E-state index in [1.165, 1.54) is 25.7 Å². The summed E-state index contributed by atoms with van der Waals surface area (Å²) in [5, 5.41) is 0. The van der Waals surface area contributed by atoms with Crippen molar-refractivity contribution in [1.29, 1.82) is 0 Å². The molecule has 2 heteroatoms. The first-order valence-electron chi connectivity index (χ1n) is 5.14. The Labute approximate surface area is 79.9 Å². The van der Waals surface area contributed by atoms with Crippen LogP contribution in [0.15, 0.2) is 11.1 Å². The summed E-state index contributed by atoms with van der Waals surface area (Å²) in [6.45, 7) is 0. The number of hydrogen-bond acceptors (Lipinski definition) is 2. The van der Waals surface area contributed by atoms with Gasteiger partial charge in [0.25, 0.3) is 0 Å². The monoisotopic (exact) mass is 182 g/mol. The number of rotatable bonds is 2. The number of hydrogen-bond donors (Lipinski definition) is 0. The zero-order valence-electron chi connectivity index (χ0n) is 8.51. The van der Waals surface area contributed by atoms with Crippen molar-refractivity contribution in [2.45, 2.75) is 44.3 Å². The summed E-state index contributed by atoms with van der Waals surface area (Å²) in [7, 11) is 3.61. The molecule has 0 aliphatic heterocycles. The Morgan fingerprint density at radius 3 is 1.77 bits per heavy atom. The molecule has 2 aliphatic carbocycles. The van der Waals surface area contributed by atoms with Crippen molar-refractivity contribution in [3.8, 4) is 0 Å². The smallest absolute Gasteiger partial charge is 0.0812 e. The predicted octanol–water partition coefficient (Wildman–Crippen LogP) is 2.29. The highest BCUT2D eigenvalue weighted by atomic mass is 16.5. The topological polar surface area (TPSA) is 18.5 Å². The average molecular weight is 182 g/mol. The molecule has 2 nitrogen and oxygen atoms in total. The van der Waals surface area contributed by atoms with Crippen LogP contribution in [0.1, 0.15) is 32.1 Å². The molecule has 0 bridgehead atoms. The van der Waals surface area contributed by atoms with Crippen LogP contribution in [0.2, 0.25) is 0 Å². The quantitative estimate of drug-likeness (QED) is 0.610. The van der Waals surface area contributed by atoms with Gasteiger partial charge < -0.3 is 9.47 Å². The van der Waals surface area contributed by atoms with Crippen LogP contribution in [-0.4, -0.2) is 26.4 Å². The lowest BCUT2D eigenvalue weighted by Crippen LogP contribution is -2.13. The third-order valence-corrected chi connectivity index (χ3v) is 3.33. The second kappa shape index (κ2) is 3.81. The maximum absolute atomic E-state index is 5.47. The molecular weight excluding hydrogens is 164 g/mol. The molecule has 0 radical (unpaired) electrons. The van der Waals surface area contributed by atoms with Gasteiger partial charge in [0, 0.05) is 20.6 Å². The molecule has 0 N–H and O–H groups in total. The normalized spacial score (nSPS) is 33.7. The van der Waals surface area contributed by atoms with Crippen molar-refractivity contribution < 1.29 is 9.47 Å². The maximum Gasteiger partial charge on any atom is 0.0812 e. The van der Waals surface area contributed by atoms with E-state index in [2.05, 4.69) is 0 Å². The summed E-state index contributed by atoms with van der Waals surface area (Å²) in [5.41, 5.74) is 3.08. The first-order chi connectivity index (χ1) is 6.36. The predicted molar refractivity (Wildman–Crippen MR) is 51.7 cm³/mol. The summed E-state index contributed by atoms with van der Waals surface area (Å²) in [4.78, 5) is 0. The maximum atomic E-state index is 5.47. The number of methoxy groups -OCH3 is 2. The molecule has 2 aliphatic rings. The van der Waals surface area contributed by atoms with Crippen molar-refractivity contribution in [2.75, 3.05) is 14.2 Å². The molecule has 2 rings (SSSR count). The fourth-order valence-electron chi connectivity index (χ4n) is 2.64. The Morgan fingerprint density at radius 2 is 1.38 bits per heavy atom. The molecule has 0 unspecified atom stereocenters. The first kappa shape index (κ1) is 9.22. The summed E-state index contributed by atoms with van der Waals surface area (Å²) in [6.07, 6.45) is 6.85. The van der Waals surface area contributed by atoms with Crippen LogP contribution in [0.25, 0.3) is 0 Å². The Kier molecular flexibility index (Phi) is 2.70. The summed E-state index contributed by atoms with van der Waals surface area (Å²) in [5.74, 6) is 0. The van der Waals surface area contributed by atoms with Gasteiger partial charge in [-0.1, -0.05) is 0 Å². The Hall–Kier alpha value is -0.340. The highest BCUT2D eigenvalue weighted by Crippen LogP contribution is 2.39. The molecule has 0 aromatic carbocycles. The van der Waals surface area contributed by atoms with E-state index in [0.29, 0.717) is 12.2 Å². The van der Waals surface area contributed by atoms with E-state index < -0.39 is 0 Å². The lowest BCUT2D eigenvalue weighted by molar-refractivity contribution is 0.0734. The van der Waals surface area contributed by atoms with E-state index in [9.17, 15) is 0 Å². The lowest BCUT2D eigenvalue weighted by atomic mass is 9.92. The van der Waals surface area contributed by atoms with Gasteiger partial charge in [0.2, 0.25) is 0 Å². The van der Waals surface area contributed by atoms with E-state index in [1.54, 1.807) is 11.1 Å². The van der Waals surface area contributed by atoms with Crippen molar-refractivity contribution >= 4 is 0 Å². The van der Waals surface area contributed by atoms with Crippen molar-refractivity contribution in [2.24, 2.45) is 0 Å². The van der Waals surface area contributed by atoms with Crippen LogP contribution in [-0.2, 0) is 9.47 Å². The Balaban J connectivity index is 2.20. The van der Waals surface area contributed by atoms with Gasteiger partial charge in [-0.2, -0.15) is 0 Å². The van der Waals surface area contributed by atoms with Gasteiger partial charge in [-0.15, -0.1) is 0 Å². The van der Waals surface area contributed by atoms with E-state index in [-0.39, 0.29) is 0 Å². The molecule has 0 fully saturated rings. The lowest BCUT2D eigenvalue weighted by Gasteiger charge is -2.18. The second-order valence-electron chi connectivity index (χ2n) is 3.94. The molecule has 74 valence electrons. The minimum atomic E-state index is 0.347. The van der Waals surface area contributed by atoms with Gasteiger partial charge in [-0.05, 0) is 36.8 Å². The van der Waals surface area contributed by atoms with Gasteiger partial charge in [-0.25, -0.2) is 0 Å². The molecule has 0 aromatic heterocycles. The molecule has 0 amide bonds. The fraction of sp³-hybridized carbons (Fsp3) is 0.818. The van der Waals surface area contributed by atoms with Gasteiger partial charge in [0.1, 0.15) is 0 Å². The van der Waals surface area contributed by atoms with E-state index >= 15 is 0 Å². The highest BCUT2D eigenvalue weighted by molar-refractivity contribution is 5.30. The summed E-state index contributed by atoms with van der Waals surface area (Å²) >= 11 is 0. The zero-order chi connectivity index (χ0) is 9.26. The minimum Gasteiger partial charge on any atom is -0.377 e. The fourth-order valence-corrected chi connectivity index (χ4v) is 2.64. The molecule has 2 atom stereocenters. The van der Waals surface area contributed by atoms with Crippen LogP contribution < -0.4 is 0 Å². The van der Waals surface area contributed by atoms with E-state index in [0.717, 1.165) is 6.42 Å². The van der Waals surface area contributed by atoms with Gasteiger partial charge in [0.15, 0.2) is 0 Å². The van der Waals surface area contributed by atoms with Gasteiger partial charge >= 0.3 is 0 Å². The summed E-state index contributed by atoms with van der Waals surface area (Å²) < 4.78 is 10.9. The molecule has 0 aromatic rings. The standard InChI is InChI=1S/C11H18O2/c1-12-10-7-11(13-2)9-6-4-3-5-8(9)10/h10-11H,3-7H2,1-2H3/t10-,11+. The van der Waals surface area contributed by atoms with Crippen LogP contribution in [0.5, 0.6) is 0 Å². The van der Waals surface area contributed by atoms with Gasteiger partial charge in [-0.3, -0.25) is 0 Å². The Morgan fingerprint density at radius 1 is 0.923 bits per heavy atom.